The van der Waals surface area contributed by atoms with Gasteiger partial charge in [0.2, 0.25) is 0 Å². The van der Waals surface area contributed by atoms with Crippen LogP contribution in [0, 0.1) is 0 Å². The lowest BCUT2D eigenvalue weighted by atomic mass is 10.1. The Kier molecular flexibility index (Phi) is 12.1. The summed E-state index contributed by atoms with van der Waals surface area (Å²) in [6, 6.07) is 0. The number of aliphatic carboxylic acids is 1. The Morgan fingerprint density at radius 2 is 1.65 bits per heavy atom. The molecule has 0 rings (SSSR count). The van der Waals surface area contributed by atoms with Gasteiger partial charge in [-0.05, 0) is 33.6 Å². The molecule has 0 aliphatic carbocycles. The van der Waals surface area contributed by atoms with E-state index in [0.717, 1.165) is 44.6 Å². The van der Waals surface area contributed by atoms with Crippen LogP contribution in [0.25, 0.3) is 0 Å². The Labute approximate surface area is 139 Å². The van der Waals surface area contributed by atoms with Crippen LogP contribution in [0.5, 0.6) is 0 Å². The number of carboxylic acids is 1. The van der Waals surface area contributed by atoms with Gasteiger partial charge in [0.25, 0.3) is 0 Å². The molecule has 0 unspecified atom stereocenters. The van der Waals surface area contributed by atoms with Gasteiger partial charge in [0.1, 0.15) is 5.60 Å². The summed E-state index contributed by atoms with van der Waals surface area (Å²) >= 11 is 0. The van der Waals surface area contributed by atoms with E-state index in [1.807, 2.05) is 20.8 Å². The van der Waals surface area contributed by atoms with E-state index < -0.39 is 11.6 Å². The number of nitrogens with one attached hydrogen (secondary N) is 1. The van der Waals surface area contributed by atoms with Crippen molar-refractivity contribution in [1.82, 2.24) is 5.32 Å². The first-order valence-corrected chi connectivity index (χ1v) is 8.25. The lowest BCUT2D eigenvalue weighted by molar-refractivity contribution is -0.131. The largest absolute Gasteiger partial charge is 0.478 e. The normalized spacial score (nSPS) is 11.6. The first-order chi connectivity index (χ1) is 10.8. The molecule has 0 fully saturated rings. The number of amides is 1. The van der Waals surface area contributed by atoms with Crippen LogP contribution >= 0.6 is 0 Å². The number of hydrogen-bond acceptors (Lipinski definition) is 4. The quantitative estimate of drug-likeness (QED) is 0.423. The zero-order chi connectivity index (χ0) is 17.6. The second-order valence-electron chi connectivity index (χ2n) is 6.37. The second-order valence-corrected chi connectivity index (χ2v) is 6.37. The minimum absolute atomic E-state index is 0.350. The molecule has 0 saturated carbocycles. The number of rotatable bonds is 12. The highest BCUT2D eigenvalue weighted by Gasteiger charge is 2.15. The Hall–Kier alpha value is -1.56. The zero-order valence-electron chi connectivity index (χ0n) is 14.6. The third-order valence-corrected chi connectivity index (χ3v) is 2.86. The average Bonchev–Trinajstić information content (AvgIpc) is 2.41. The van der Waals surface area contributed by atoms with E-state index in [-0.39, 0.29) is 6.09 Å². The summed E-state index contributed by atoms with van der Waals surface area (Å²) in [5.74, 6) is -0.949. The highest BCUT2D eigenvalue weighted by molar-refractivity contribution is 5.79. The van der Waals surface area contributed by atoms with Gasteiger partial charge in [-0.15, -0.1) is 0 Å². The summed E-state index contributed by atoms with van der Waals surface area (Å²) in [6.07, 6.45) is 8.63. The third kappa shape index (κ3) is 18.4. The van der Waals surface area contributed by atoms with Crippen LogP contribution in [0.2, 0.25) is 0 Å². The van der Waals surface area contributed by atoms with Crippen LogP contribution in [0.1, 0.15) is 59.3 Å². The minimum Gasteiger partial charge on any atom is -0.478 e. The van der Waals surface area contributed by atoms with Gasteiger partial charge in [0, 0.05) is 19.2 Å². The number of hydrogen-bond donors (Lipinski definition) is 2. The fraction of sp³-hybridized carbons (Fsp3) is 0.765. The van der Waals surface area contributed by atoms with Crippen molar-refractivity contribution in [1.29, 1.82) is 0 Å². The van der Waals surface area contributed by atoms with Gasteiger partial charge in [-0.2, -0.15) is 0 Å². The molecule has 0 aliphatic rings. The van der Waals surface area contributed by atoms with Crippen molar-refractivity contribution >= 4 is 12.1 Å². The Morgan fingerprint density at radius 1 is 1.04 bits per heavy atom. The molecule has 2 N–H and O–H groups in total. The van der Waals surface area contributed by atoms with Crippen LogP contribution in [0.4, 0.5) is 4.79 Å². The predicted octanol–water partition coefficient (Wildman–Crippen LogP) is 3.51. The van der Waals surface area contributed by atoms with Gasteiger partial charge in [-0.25, -0.2) is 9.59 Å². The molecule has 0 aromatic rings. The predicted molar refractivity (Wildman–Crippen MR) is 89.5 cm³/mol. The first-order valence-electron chi connectivity index (χ1n) is 8.25. The monoisotopic (exact) mass is 329 g/mol. The maximum atomic E-state index is 11.4. The number of carbonyl (C=O) groups excluding carboxylic acids is 1. The van der Waals surface area contributed by atoms with Gasteiger partial charge in [0.05, 0.1) is 6.61 Å². The van der Waals surface area contributed by atoms with Crippen molar-refractivity contribution in [2.75, 3.05) is 19.8 Å². The SMILES string of the molecule is CC(C)(C)OC(=O)NCCCCCCCCOC/C=C/C(=O)O. The summed E-state index contributed by atoms with van der Waals surface area (Å²) in [4.78, 5) is 21.6. The average molecular weight is 329 g/mol. The summed E-state index contributed by atoms with van der Waals surface area (Å²) in [6.45, 7) is 7.19. The second kappa shape index (κ2) is 12.9. The van der Waals surface area contributed by atoms with E-state index in [0.29, 0.717) is 19.8 Å². The maximum absolute atomic E-state index is 11.4. The van der Waals surface area contributed by atoms with Gasteiger partial charge in [-0.1, -0.05) is 31.8 Å². The molecule has 0 aliphatic heterocycles. The number of alkyl carbamates (subject to hydrolysis) is 1. The highest BCUT2D eigenvalue weighted by Crippen LogP contribution is 2.07. The molecule has 0 radical (unpaired) electrons. The summed E-state index contributed by atoms with van der Waals surface area (Å²) in [5, 5.41) is 11.1. The van der Waals surface area contributed by atoms with Crippen LogP contribution < -0.4 is 5.32 Å². The molecule has 0 aromatic heterocycles. The Balaban J connectivity index is 3.25. The van der Waals surface area contributed by atoms with Gasteiger partial charge in [-0.3, -0.25) is 0 Å². The number of carboxylic acid groups (broad SMARTS) is 1. The van der Waals surface area contributed by atoms with E-state index in [1.165, 1.54) is 6.08 Å². The fourth-order valence-corrected chi connectivity index (χ4v) is 1.84. The van der Waals surface area contributed by atoms with E-state index in [4.69, 9.17) is 14.6 Å². The van der Waals surface area contributed by atoms with Crippen molar-refractivity contribution in [3.8, 4) is 0 Å². The van der Waals surface area contributed by atoms with E-state index in [1.54, 1.807) is 0 Å². The molecule has 0 aromatic carbocycles. The molecular formula is C17H31NO5. The van der Waals surface area contributed by atoms with Gasteiger partial charge >= 0.3 is 12.1 Å². The van der Waals surface area contributed by atoms with Crippen molar-refractivity contribution in [2.24, 2.45) is 0 Å². The topological polar surface area (TPSA) is 84.9 Å². The standard InChI is InChI=1S/C17H31NO5/c1-17(2,3)23-16(21)18-12-8-6-4-5-7-9-13-22-14-10-11-15(19)20/h10-11H,4-9,12-14H2,1-3H3,(H,18,21)(H,19,20)/b11-10+. The summed E-state index contributed by atoms with van der Waals surface area (Å²) in [7, 11) is 0. The van der Waals surface area contributed by atoms with Gasteiger partial charge < -0.3 is 19.9 Å². The Morgan fingerprint density at radius 3 is 2.26 bits per heavy atom. The lowest BCUT2D eigenvalue weighted by Gasteiger charge is -2.19. The van der Waals surface area contributed by atoms with Crippen molar-refractivity contribution < 1.29 is 24.2 Å². The van der Waals surface area contributed by atoms with E-state index in [9.17, 15) is 9.59 Å². The van der Waals surface area contributed by atoms with Crippen LogP contribution in [-0.4, -0.2) is 42.5 Å². The molecule has 6 nitrogen and oxygen atoms in total. The van der Waals surface area contributed by atoms with Crippen LogP contribution in [0.3, 0.4) is 0 Å². The molecule has 0 bridgehead atoms. The maximum Gasteiger partial charge on any atom is 0.407 e. The molecule has 0 heterocycles. The fourth-order valence-electron chi connectivity index (χ4n) is 1.84. The van der Waals surface area contributed by atoms with E-state index >= 15 is 0 Å². The Bertz CT molecular complexity index is 360. The number of carbonyl (C=O) groups is 2. The lowest BCUT2D eigenvalue weighted by Crippen LogP contribution is -2.32. The molecule has 0 atom stereocenters. The van der Waals surface area contributed by atoms with Gasteiger partial charge in [0.15, 0.2) is 0 Å². The summed E-state index contributed by atoms with van der Waals surface area (Å²) in [5.41, 5.74) is -0.449. The van der Waals surface area contributed by atoms with Crippen LogP contribution in [0.15, 0.2) is 12.2 Å². The summed E-state index contributed by atoms with van der Waals surface area (Å²) < 4.78 is 10.4. The van der Waals surface area contributed by atoms with Crippen LogP contribution in [-0.2, 0) is 14.3 Å². The number of ether oxygens (including phenoxy) is 2. The zero-order valence-corrected chi connectivity index (χ0v) is 14.6. The van der Waals surface area contributed by atoms with Crippen molar-refractivity contribution in [3.05, 3.63) is 12.2 Å². The first kappa shape index (κ1) is 21.4. The number of unbranched alkanes of at least 4 members (excludes halogenated alkanes) is 5. The molecule has 0 spiro atoms. The smallest absolute Gasteiger partial charge is 0.407 e. The minimum atomic E-state index is -0.949. The van der Waals surface area contributed by atoms with Crippen molar-refractivity contribution in [3.63, 3.8) is 0 Å². The molecule has 23 heavy (non-hydrogen) atoms. The molecular weight excluding hydrogens is 298 g/mol. The highest BCUT2D eigenvalue weighted by atomic mass is 16.6. The van der Waals surface area contributed by atoms with Crippen molar-refractivity contribution in [2.45, 2.75) is 64.9 Å². The molecule has 6 heteroatoms. The molecule has 0 saturated heterocycles. The third-order valence-electron chi connectivity index (χ3n) is 2.86. The van der Waals surface area contributed by atoms with E-state index in [2.05, 4.69) is 5.32 Å². The molecule has 1 amide bonds. The molecule has 134 valence electrons.